The molecule has 0 radical (unpaired) electrons. The summed E-state index contributed by atoms with van der Waals surface area (Å²) < 4.78 is 16.1. The Labute approximate surface area is 212 Å². The molecule has 1 N–H and O–H groups in total. The number of guanidine groups is 1. The Morgan fingerprint density at radius 2 is 1.88 bits per heavy atom. The smallest absolute Gasteiger partial charge is 0.257 e. The first-order valence-corrected chi connectivity index (χ1v) is 10.6. The predicted molar refractivity (Wildman–Crippen MR) is 141 cm³/mol. The van der Waals surface area contributed by atoms with Crippen molar-refractivity contribution in [2.45, 2.75) is 26.3 Å². The quantitative estimate of drug-likeness (QED) is 0.237. The molecule has 2 aromatic carbocycles. The lowest BCUT2D eigenvalue weighted by molar-refractivity contribution is 0.382. The summed E-state index contributed by atoms with van der Waals surface area (Å²) in [6.07, 6.45) is 1.62. The minimum Gasteiger partial charge on any atom is -0.497 e. The van der Waals surface area contributed by atoms with Crippen LogP contribution in [-0.2, 0) is 19.4 Å². The monoisotopic (exact) mass is 565 g/mol. The minimum atomic E-state index is 0. The third kappa shape index (κ3) is 7.08. The molecule has 1 heterocycles. The number of hydrogen-bond acceptors (Lipinski definition) is 6. The number of rotatable bonds is 9. The van der Waals surface area contributed by atoms with Gasteiger partial charge in [-0.3, -0.25) is 4.99 Å². The van der Waals surface area contributed by atoms with Gasteiger partial charge in [0.05, 0.1) is 14.2 Å². The minimum absolute atomic E-state index is 0. The van der Waals surface area contributed by atoms with E-state index in [1.165, 1.54) is 5.56 Å². The zero-order valence-electron chi connectivity index (χ0n) is 19.8. The zero-order chi connectivity index (χ0) is 22.9. The standard InChI is InChI=1S/C24H31N5O3.HI/c1-6-22-27-23(32-28-22)18-9-7-17(8-10-18)13-14-26-24(25-2)29(3)16-19-11-12-20(30-4)15-21(19)31-5;/h7-12,15H,6,13-14,16H2,1-5H3,(H,25,26);1H. The van der Waals surface area contributed by atoms with Crippen molar-refractivity contribution in [3.8, 4) is 23.0 Å². The van der Waals surface area contributed by atoms with E-state index in [-0.39, 0.29) is 24.0 Å². The molecule has 0 aliphatic heterocycles. The molecular weight excluding hydrogens is 533 g/mol. The normalized spacial score (nSPS) is 11.0. The summed E-state index contributed by atoms with van der Waals surface area (Å²) >= 11 is 0. The number of methoxy groups -OCH3 is 2. The summed E-state index contributed by atoms with van der Waals surface area (Å²) in [5.41, 5.74) is 3.20. The van der Waals surface area contributed by atoms with Crippen LogP contribution in [0, 0.1) is 0 Å². The molecule has 1 aromatic heterocycles. The molecule has 0 saturated carbocycles. The Balaban J connectivity index is 0.00000385. The number of ether oxygens (including phenoxy) is 2. The highest BCUT2D eigenvalue weighted by Crippen LogP contribution is 2.25. The molecule has 0 bridgehead atoms. The van der Waals surface area contributed by atoms with Gasteiger partial charge in [0.25, 0.3) is 5.89 Å². The Morgan fingerprint density at radius 1 is 1.12 bits per heavy atom. The number of nitrogens with one attached hydrogen (secondary N) is 1. The van der Waals surface area contributed by atoms with E-state index in [2.05, 4.69) is 37.5 Å². The largest absolute Gasteiger partial charge is 0.497 e. The lowest BCUT2D eigenvalue weighted by atomic mass is 10.1. The van der Waals surface area contributed by atoms with Gasteiger partial charge in [-0.05, 0) is 36.2 Å². The van der Waals surface area contributed by atoms with Gasteiger partial charge >= 0.3 is 0 Å². The van der Waals surface area contributed by atoms with Crippen LogP contribution in [0.5, 0.6) is 11.5 Å². The number of benzene rings is 2. The highest BCUT2D eigenvalue weighted by molar-refractivity contribution is 14.0. The fourth-order valence-corrected chi connectivity index (χ4v) is 3.35. The fourth-order valence-electron chi connectivity index (χ4n) is 3.35. The second-order valence-electron chi connectivity index (χ2n) is 7.32. The topological polar surface area (TPSA) is 85.0 Å². The van der Waals surface area contributed by atoms with Crippen LogP contribution in [0.1, 0.15) is 23.9 Å². The van der Waals surface area contributed by atoms with Crippen LogP contribution in [0.15, 0.2) is 52.0 Å². The van der Waals surface area contributed by atoms with Crippen molar-refractivity contribution in [3.63, 3.8) is 0 Å². The summed E-state index contributed by atoms with van der Waals surface area (Å²) in [6.45, 7) is 3.42. The van der Waals surface area contributed by atoms with Gasteiger partial charge in [0.15, 0.2) is 11.8 Å². The maximum atomic E-state index is 5.51. The Bertz CT molecular complexity index is 1040. The summed E-state index contributed by atoms with van der Waals surface area (Å²) in [6, 6.07) is 14.0. The van der Waals surface area contributed by atoms with Gasteiger partial charge in [0.1, 0.15) is 11.5 Å². The third-order valence-electron chi connectivity index (χ3n) is 5.16. The average molecular weight is 565 g/mol. The maximum absolute atomic E-state index is 5.51. The van der Waals surface area contributed by atoms with Crippen LogP contribution < -0.4 is 14.8 Å². The van der Waals surface area contributed by atoms with E-state index in [1.54, 1.807) is 21.3 Å². The van der Waals surface area contributed by atoms with Gasteiger partial charge in [-0.1, -0.05) is 24.2 Å². The van der Waals surface area contributed by atoms with Crippen LogP contribution in [0.4, 0.5) is 0 Å². The van der Waals surface area contributed by atoms with Crippen LogP contribution in [0.2, 0.25) is 0 Å². The first kappa shape index (κ1) is 26.4. The van der Waals surface area contributed by atoms with Crippen LogP contribution >= 0.6 is 24.0 Å². The molecule has 9 heteroatoms. The van der Waals surface area contributed by atoms with E-state index >= 15 is 0 Å². The Morgan fingerprint density at radius 3 is 2.48 bits per heavy atom. The maximum Gasteiger partial charge on any atom is 0.257 e. The van der Waals surface area contributed by atoms with Crippen molar-refractivity contribution >= 4 is 29.9 Å². The number of aryl methyl sites for hydroxylation is 1. The molecule has 0 atom stereocenters. The number of aromatic nitrogens is 2. The van der Waals surface area contributed by atoms with Gasteiger partial charge in [0.2, 0.25) is 0 Å². The number of nitrogens with zero attached hydrogens (tertiary/aromatic N) is 4. The number of halogens is 1. The molecule has 178 valence electrons. The summed E-state index contributed by atoms with van der Waals surface area (Å²) in [5, 5.41) is 7.37. The number of hydrogen-bond donors (Lipinski definition) is 1. The number of aliphatic imine (C=N–C) groups is 1. The van der Waals surface area contributed by atoms with Gasteiger partial charge in [-0.2, -0.15) is 4.98 Å². The predicted octanol–water partition coefficient (Wildman–Crippen LogP) is 4.18. The summed E-state index contributed by atoms with van der Waals surface area (Å²) in [7, 11) is 7.10. The first-order chi connectivity index (χ1) is 15.6. The van der Waals surface area contributed by atoms with E-state index in [1.807, 2.05) is 44.3 Å². The molecule has 3 aromatic rings. The molecule has 0 aliphatic carbocycles. The lowest BCUT2D eigenvalue weighted by Crippen LogP contribution is -2.39. The van der Waals surface area contributed by atoms with Crippen LogP contribution in [0.3, 0.4) is 0 Å². The SMILES string of the molecule is CCc1noc(-c2ccc(CCNC(=NC)N(C)Cc3ccc(OC)cc3OC)cc2)n1.I. The van der Waals surface area contributed by atoms with E-state index in [4.69, 9.17) is 14.0 Å². The second kappa shape index (κ2) is 13.0. The van der Waals surface area contributed by atoms with Crippen molar-refractivity contribution in [1.29, 1.82) is 0 Å². The van der Waals surface area contributed by atoms with E-state index < -0.39 is 0 Å². The molecule has 0 aliphatic rings. The van der Waals surface area contributed by atoms with Crippen LogP contribution in [0.25, 0.3) is 11.5 Å². The molecule has 0 amide bonds. The Hall–Kier alpha value is -2.82. The molecule has 0 saturated heterocycles. The Kier molecular flexibility index (Phi) is 10.4. The van der Waals surface area contributed by atoms with Gasteiger partial charge < -0.3 is 24.2 Å². The highest BCUT2D eigenvalue weighted by atomic mass is 127. The van der Waals surface area contributed by atoms with Crippen molar-refractivity contribution in [3.05, 3.63) is 59.4 Å². The van der Waals surface area contributed by atoms with Crippen molar-refractivity contribution < 1.29 is 14.0 Å². The fraction of sp³-hybridized carbons (Fsp3) is 0.375. The van der Waals surface area contributed by atoms with Gasteiger partial charge in [-0.15, -0.1) is 24.0 Å². The molecule has 3 rings (SSSR count). The lowest BCUT2D eigenvalue weighted by Gasteiger charge is -2.23. The average Bonchev–Trinajstić information content (AvgIpc) is 3.32. The molecule has 8 nitrogen and oxygen atoms in total. The summed E-state index contributed by atoms with van der Waals surface area (Å²) in [5.74, 6) is 3.65. The molecule has 0 fully saturated rings. The second-order valence-corrected chi connectivity index (χ2v) is 7.32. The van der Waals surface area contributed by atoms with Crippen molar-refractivity contribution in [1.82, 2.24) is 20.4 Å². The molecular formula is C24H32IN5O3. The molecule has 0 spiro atoms. The van der Waals surface area contributed by atoms with Crippen molar-refractivity contribution in [2.75, 3.05) is 34.9 Å². The highest BCUT2D eigenvalue weighted by Gasteiger charge is 2.12. The van der Waals surface area contributed by atoms with Gasteiger partial charge in [-0.25, -0.2) is 0 Å². The molecule has 33 heavy (non-hydrogen) atoms. The summed E-state index contributed by atoms with van der Waals surface area (Å²) in [4.78, 5) is 10.8. The van der Waals surface area contributed by atoms with Crippen molar-refractivity contribution in [2.24, 2.45) is 4.99 Å². The van der Waals surface area contributed by atoms with E-state index in [0.29, 0.717) is 12.4 Å². The third-order valence-corrected chi connectivity index (χ3v) is 5.16. The van der Waals surface area contributed by atoms with E-state index in [9.17, 15) is 0 Å². The molecule has 0 unspecified atom stereocenters. The van der Waals surface area contributed by atoms with Gasteiger partial charge in [0, 0.05) is 50.8 Å². The first-order valence-electron chi connectivity index (χ1n) is 10.6. The van der Waals surface area contributed by atoms with E-state index in [0.717, 1.165) is 53.8 Å². The zero-order valence-corrected chi connectivity index (χ0v) is 22.1. The van der Waals surface area contributed by atoms with Crippen LogP contribution in [-0.4, -0.2) is 55.9 Å².